The maximum absolute atomic E-state index is 11.1. The van der Waals surface area contributed by atoms with Crippen molar-refractivity contribution in [1.29, 1.82) is 0 Å². The molecule has 0 amide bonds. The molecule has 0 bridgehead atoms. The quantitative estimate of drug-likeness (QED) is 0.661. The minimum Gasteiger partial charge on any atom is -0.465 e. The maximum Gasteiger partial charge on any atom is 0.319 e. The van der Waals surface area contributed by atoms with Gasteiger partial charge in [0, 0.05) is 0 Å². The van der Waals surface area contributed by atoms with Crippen LogP contribution in [-0.2, 0) is 9.53 Å². The van der Waals surface area contributed by atoms with Gasteiger partial charge < -0.3 is 10.1 Å². The Hall–Kier alpha value is -0.570. The monoisotopic (exact) mass is 215 g/mol. The van der Waals surface area contributed by atoms with E-state index in [1.54, 1.807) is 0 Å². The van der Waals surface area contributed by atoms with Crippen molar-refractivity contribution in [3.05, 3.63) is 0 Å². The minimum atomic E-state index is -0.163. The van der Waals surface area contributed by atoms with Crippen molar-refractivity contribution < 1.29 is 9.53 Å². The predicted octanol–water partition coefficient (Wildman–Crippen LogP) is 2.07. The number of hydrogen-bond acceptors (Lipinski definition) is 3. The molecule has 0 aromatic heterocycles. The Bertz CT molecular complexity index is 170. The summed E-state index contributed by atoms with van der Waals surface area (Å²) < 4.78 is 4.84. The molecule has 0 spiro atoms. The summed E-state index contributed by atoms with van der Waals surface area (Å²) in [7, 11) is 0. The molecule has 0 aromatic rings. The third kappa shape index (κ3) is 6.50. The molecule has 0 aliphatic heterocycles. The van der Waals surface area contributed by atoms with Crippen molar-refractivity contribution in [2.75, 3.05) is 19.7 Å². The van der Waals surface area contributed by atoms with Crippen LogP contribution in [0, 0.1) is 17.8 Å². The highest BCUT2D eigenvalue weighted by Crippen LogP contribution is 2.19. The summed E-state index contributed by atoms with van der Waals surface area (Å²) >= 11 is 0. The topological polar surface area (TPSA) is 38.3 Å². The normalized spacial score (nSPS) is 11.5. The number of nitrogens with one attached hydrogen (secondary N) is 1. The van der Waals surface area contributed by atoms with Crippen LogP contribution >= 0.6 is 0 Å². The van der Waals surface area contributed by atoms with Crippen LogP contribution in [0.25, 0.3) is 0 Å². The Morgan fingerprint density at radius 2 is 1.73 bits per heavy atom. The van der Waals surface area contributed by atoms with Crippen LogP contribution < -0.4 is 5.32 Å². The second-order valence-corrected chi connectivity index (χ2v) is 4.59. The molecule has 3 heteroatoms. The Labute approximate surface area is 93.6 Å². The van der Waals surface area contributed by atoms with Crippen molar-refractivity contribution >= 4 is 5.97 Å². The summed E-state index contributed by atoms with van der Waals surface area (Å²) in [6.45, 7) is 12.4. The smallest absolute Gasteiger partial charge is 0.319 e. The molecule has 0 atom stereocenters. The molecule has 3 nitrogen and oxygen atoms in total. The van der Waals surface area contributed by atoms with Crippen molar-refractivity contribution in [3.63, 3.8) is 0 Å². The highest BCUT2D eigenvalue weighted by molar-refractivity contribution is 5.71. The number of hydrogen-bond donors (Lipinski definition) is 1. The van der Waals surface area contributed by atoms with Crippen LogP contribution in [0.15, 0.2) is 0 Å². The molecule has 0 saturated heterocycles. The summed E-state index contributed by atoms with van der Waals surface area (Å²) in [6.07, 6.45) is 0. The van der Waals surface area contributed by atoms with E-state index < -0.39 is 0 Å². The van der Waals surface area contributed by atoms with Crippen LogP contribution in [0.4, 0.5) is 0 Å². The molecule has 0 saturated carbocycles. The Morgan fingerprint density at radius 3 is 2.13 bits per heavy atom. The van der Waals surface area contributed by atoms with Crippen LogP contribution in [0.2, 0.25) is 0 Å². The first kappa shape index (κ1) is 14.4. The van der Waals surface area contributed by atoms with Gasteiger partial charge in [0.05, 0.1) is 13.2 Å². The SMILES string of the molecule is CCOC(=O)CNCC(C(C)C)C(C)C. The average Bonchev–Trinajstić information content (AvgIpc) is 2.11. The molecule has 0 aliphatic rings. The highest BCUT2D eigenvalue weighted by Gasteiger charge is 2.17. The molecule has 0 radical (unpaired) electrons. The van der Waals surface area contributed by atoms with Gasteiger partial charge in [-0.15, -0.1) is 0 Å². The fourth-order valence-electron chi connectivity index (χ4n) is 1.79. The number of esters is 1. The maximum atomic E-state index is 11.1. The fraction of sp³-hybridized carbons (Fsp3) is 0.917. The second kappa shape index (κ2) is 7.69. The molecule has 1 N–H and O–H groups in total. The third-order valence-corrected chi connectivity index (χ3v) is 2.67. The Morgan fingerprint density at radius 1 is 1.20 bits per heavy atom. The van der Waals surface area contributed by atoms with E-state index >= 15 is 0 Å². The largest absolute Gasteiger partial charge is 0.465 e. The first-order chi connectivity index (χ1) is 6.99. The molecule has 0 aliphatic carbocycles. The van der Waals surface area contributed by atoms with Gasteiger partial charge in [-0.3, -0.25) is 4.79 Å². The first-order valence-electron chi connectivity index (χ1n) is 5.85. The molecule has 0 aromatic carbocycles. The lowest BCUT2D eigenvalue weighted by atomic mass is 9.85. The molecule has 0 heterocycles. The molecule has 90 valence electrons. The third-order valence-electron chi connectivity index (χ3n) is 2.67. The first-order valence-corrected chi connectivity index (χ1v) is 5.85. The van der Waals surface area contributed by atoms with E-state index in [0.717, 1.165) is 6.54 Å². The van der Waals surface area contributed by atoms with Crippen LogP contribution in [0.1, 0.15) is 34.6 Å². The van der Waals surface area contributed by atoms with Gasteiger partial charge in [0.25, 0.3) is 0 Å². The van der Waals surface area contributed by atoms with Gasteiger partial charge in [0.15, 0.2) is 0 Å². The Balaban J connectivity index is 3.76. The van der Waals surface area contributed by atoms with Gasteiger partial charge in [0.2, 0.25) is 0 Å². The van der Waals surface area contributed by atoms with Crippen molar-refractivity contribution in [3.8, 4) is 0 Å². The van der Waals surface area contributed by atoms with Crippen LogP contribution in [0.3, 0.4) is 0 Å². The molecule has 0 unspecified atom stereocenters. The van der Waals surface area contributed by atoms with Gasteiger partial charge in [-0.2, -0.15) is 0 Å². The van der Waals surface area contributed by atoms with E-state index in [1.807, 2.05) is 6.92 Å². The summed E-state index contributed by atoms with van der Waals surface area (Å²) in [5.41, 5.74) is 0. The van der Waals surface area contributed by atoms with E-state index in [2.05, 4.69) is 33.0 Å². The lowest BCUT2D eigenvalue weighted by Crippen LogP contribution is -2.33. The zero-order valence-electron chi connectivity index (χ0n) is 10.7. The van der Waals surface area contributed by atoms with E-state index in [9.17, 15) is 4.79 Å². The van der Waals surface area contributed by atoms with E-state index in [4.69, 9.17) is 4.74 Å². The summed E-state index contributed by atoms with van der Waals surface area (Å²) in [6, 6.07) is 0. The summed E-state index contributed by atoms with van der Waals surface area (Å²) in [5, 5.41) is 3.16. The zero-order valence-corrected chi connectivity index (χ0v) is 10.7. The average molecular weight is 215 g/mol. The lowest BCUT2D eigenvalue weighted by molar-refractivity contribution is -0.142. The molecular weight excluding hydrogens is 190 g/mol. The zero-order chi connectivity index (χ0) is 11.8. The fourth-order valence-corrected chi connectivity index (χ4v) is 1.79. The van der Waals surface area contributed by atoms with Crippen molar-refractivity contribution in [2.24, 2.45) is 17.8 Å². The highest BCUT2D eigenvalue weighted by atomic mass is 16.5. The van der Waals surface area contributed by atoms with Crippen molar-refractivity contribution in [1.82, 2.24) is 5.32 Å². The number of carbonyl (C=O) groups is 1. The van der Waals surface area contributed by atoms with Gasteiger partial charge >= 0.3 is 5.97 Å². The van der Waals surface area contributed by atoms with Crippen LogP contribution in [0.5, 0.6) is 0 Å². The lowest BCUT2D eigenvalue weighted by Gasteiger charge is -2.24. The van der Waals surface area contributed by atoms with E-state index in [1.165, 1.54) is 0 Å². The van der Waals surface area contributed by atoms with E-state index in [0.29, 0.717) is 30.9 Å². The minimum absolute atomic E-state index is 0.163. The number of carbonyl (C=O) groups excluding carboxylic acids is 1. The van der Waals surface area contributed by atoms with Gasteiger partial charge in [-0.1, -0.05) is 27.7 Å². The van der Waals surface area contributed by atoms with Crippen molar-refractivity contribution in [2.45, 2.75) is 34.6 Å². The molecule has 0 fully saturated rings. The van der Waals surface area contributed by atoms with Gasteiger partial charge in [-0.05, 0) is 31.2 Å². The van der Waals surface area contributed by atoms with Gasteiger partial charge in [0.1, 0.15) is 0 Å². The standard InChI is InChI=1S/C12H25NO2/c1-6-15-12(14)8-13-7-11(9(2)3)10(4)5/h9-11,13H,6-8H2,1-5H3. The summed E-state index contributed by atoms with van der Waals surface area (Å²) in [4.78, 5) is 11.1. The predicted molar refractivity (Wildman–Crippen MR) is 62.7 cm³/mol. The molecular formula is C12H25NO2. The summed E-state index contributed by atoms with van der Waals surface area (Å²) in [5.74, 6) is 1.72. The number of rotatable bonds is 7. The second-order valence-electron chi connectivity index (χ2n) is 4.59. The molecule has 15 heavy (non-hydrogen) atoms. The van der Waals surface area contributed by atoms with Gasteiger partial charge in [-0.25, -0.2) is 0 Å². The Kier molecular flexibility index (Phi) is 7.39. The van der Waals surface area contributed by atoms with E-state index in [-0.39, 0.29) is 5.97 Å². The number of ether oxygens (including phenoxy) is 1. The molecule has 0 rings (SSSR count). The van der Waals surface area contributed by atoms with Crippen LogP contribution in [-0.4, -0.2) is 25.7 Å².